The quantitative estimate of drug-likeness (QED) is 0.478. The minimum absolute atomic E-state index is 0.00958. The zero-order valence-electron chi connectivity index (χ0n) is 18.1. The highest BCUT2D eigenvalue weighted by Gasteiger charge is 2.32. The Morgan fingerprint density at radius 2 is 1.91 bits per heavy atom. The number of carbonyl (C=O) groups excluding carboxylic acids is 1. The lowest BCUT2D eigenvalue weighted by Gasteiger charge is -2.22. The second-order valence-electron chi connectivity index (χ2n) is 8.21. The fourth-order valence-corrected chi connectivity index (χ4v) is 4.37. The van der Waals surface area contributed by atoms with Crippen LogP contribution in [0.15, 0.2) is 34.0 Å². The van der Waals surface area contributed by atoms with Crippen molar-refractivity contribution in [3.8, 4) is 11.3 Å². The molecule has 3 aromatic rings. The number of benzene rings is 1. The second kappa shape index (κ2) is 9.93. The molecule has 1 aliphatic carbocycles. The lowest BCUT2D eigenvalue weighted by Crippen LogP contribution is -2.35. The van der Waals surface area contributed by atoms with Crippen LogP contribution < -0.4 is 11.2 Å². The van der Waals surface area contributed by atoms with Crippen LogP contribution in [0.2, 0.25) is 10.0 Å². The molecule has 2 heterocycles. The summed E-state index contributed by atoms with van der Waals surface area (Å²) >= 11 is 12.1. The summed E-state index contributed by atoms with van der Waals surface area (Å²) in [5.74, 6) is 0.00958. The highest BCUT2D eigenvalue weighted by molar-refractivity contribution is 6.35. The van der Waals surface area contributed by atoms with Crippen molar-refractivity contribution >= 4 is 29.1 Å². The van der Waals surface area contributed by atoms with Gasteiger partial charge >= 0.3 is 5.69 Å². The number of hydrogen-bond donors (Lipinski definition) is 2. The Kier molecular flexibility index (Phi) is 6.99. The van der Waals surface area contributed by atoms with Gasteiger partial charge < -0.3 is 9.88 Å². The molecule has 33 heavy (non-hydrogen) atoms. The van der Waals surface area contributed by atoms with Gasteiger partial charge in [-0.15, -0.1) is 5.10 Å². The number of amides is 1. The van der Waals surface area contributed by atoms with Crippen LogP contribution in [-0.2, 0) is 17.8 Å². The number of halogens is 2. The van der Waals surface area contributed by atoms with E-state index in [-0.39, 0.29) is 24.8 Å². The SMILES string of the molecule is Cc1[nH]c(=O)[nH]c(=O)c1CCC(=O)N(CCCn1cc(-c2cc(Cl)cc(Cl)c2)nn1)C1CC1. The molecule has 0 atom stereocenters. The molecule has 0 radical (unpaired) electrons. The summed E-state index contributed by atoms with van der Waals surface area (Å²) in [4.78, 5) is 42.9. The van der Waals surface area contributed by atoms with Crippen LogP contribution in [0.1, 0.15) is 36.9 Å². The van der Waals surface area contributed by atoms with Gasteiger partial charge in [0.15, 0.2) is 0 Å². The molecule has 0 aliphatic heterocycles. The molecule has 0 saturated heterocycles. The maximum atomic E-state index is 12.9. The van der Waals surface area contributed by atoms with Crippen molar-refractivity contribution in [3.63, 3.8) is 0 Å². The molecule has 2 N–H and O–H groups in total. The Balaban J connectivity index is 1.33. The molecule has 0 bridgehead atoms. The van der Waals surface area contributed by atoms with Gasteiger partial charge in [-0.05, 0) is 50.8 Å². The molecule has 1 aromatic carbocycles. The van der Waals surface area contributed by atoms with E-state index in [1.807, 2.05) is 11.1 Å². The third kappa shape index (κ3) is 5.91. The minimum Gasteiger partial charge on any atom is -0.340 e. The Morgan fingerprint density at radius 3 is 2.58 bits per heavy atom. The van der Waals surface area contributed by atoms with E-state index in [2.05, 4.69) is 20.3 Å². The van der Waals surface area contributed by atoms with Crippen LogP contribution >= 0.6 is 23.2 Å². The average Bonchev–Trinajstić information content (AvgIpc) is 3.46. The van der Waals surface area contributed by atoms with Crippen molar-refractivity contribution in [2.24, 2.45) is 0 Å². The number of aryl methyl sites for hydroxylation is 2. The molecular weight excluding hydrogens is 467 g/mol. The third-order valence-electron chi connectivity index (χ3n) is 5.63. The third-order valence-corrected chi connectivity index (χ3v) is 6.07. The van der Waals surface area contributed by atoms with Crippen molar-refractivity contribution in [2.75, 3.05) is 6.54 Å². The average molecular weight is 491 g/mol. The first-order valence-electron chi connectivity index (χ1n) is 10.8. The van der Waals surface area contributed by atoms with Crippen LogP contribution in [0.5, 0.6) is 0 Å². The Bertz CT molecular complexity index is 1260. The number of nitrogens with one attached hydrogen (secondary N) is 2. The van der Waals surface area contributed by atoms with E-state index in [4.69, 9.17) is 23.2 Å². The molecule has 174 valence electrons. The molecule has 1 fully saturated rings. The van der Waals surface area contributed by atoms with Gasteiger partial charge in [0.1, 0.15) is 5.69 Å². The van der Waals surface area contributed by atoms with Crippen LogP contribution in [-0.4, -0.2) is 48.4 Å². The van der Waals surface area contributed by atoms with E-state index in [1.165, 1.54) is 0 Å². The largest absolute Gasteiger partial charge is 0.340 e. The van der Waals surface area contributed by atoms with Gasteiger partial charge in [-0.25, -0.2) is 4.79 Å². The topological polar surface area (TPSA) is 117 Å². The van der Waals surface area contributed by atoms with Gasteiger partial charge in [-0.1, -0.05) is 28.4 Å². The van der Waals surface area contributed by atoms with Gasteiger partial charge in [0.2, 0.25) is 5.91 Å². The molecular formula is C22H24Cl2N6O3. The molecule has 4 rings (SSSR count). The summed E-state index contributed by atoms with van der Waals surface area (Å²) in [6.45, 7) is 2.87. The van der Waals surface area contributed by atoms with Gasteiger partial charge in [-0.3, -0.25) is 19.3 Å². The summed E-state index contributed by atoms with van der Waals surface area (Å²) in [6, 6.07) is 5.48. The maximum absolute atomic E-state index is 12.9. The van der Waals surface area contributed by atoms with Gasteiger partial charge in [0.05, 0.1) is 6.20 Å². The number of aromatic nitrogens is 5. The predicted molar refractivity (Wildman–Crippen MR) is 126 cm³/mol. The summed E-state index contributed by atoms with van der Waals surface area (Å²) < 4.78 is 1.74. The Hall–Kier alpha value is -2.91. The van der Waals surface area contributed by atoms with Crippen molar-refractivity contribution in [2.45, 2.75) is 51.6 Å². The number of hydrogen-bond acceptors (Lipinski definition) is 5. The van der Waals surface area contributed by atoms with E-state index in [1.54, 1.807) is 29.8 Å². The van der Waals surface area contributed by atoms with E-state index in [0.29, 0.717) is 40.1 Å². The fourth-order valence-electron chi connectivity index (χ4n) is 3.84. The van der Waals surface area contributed by atoms with E-state index in [0.717, 1.165) is 24.8 Å². The van der Waals surface area contributed by atoms with E-state index in [9.17, 15) is 14.4 Å². The molecule has 11 heteroatoms. The molecule has 0 unspecified atom stereocenters. The van der Waals surface area contributed by atoms with Crippen molar-refractivity contribution in [1.82, 2.24) is 29.9 Å². The highest BCUT2D eigenvalue weighted by atomic mass is 35.5. The molecule has 1 saturated carbocycles. The minimum atomic E-state index is -0.540. The number of H-pyrrole nitrogens is 2. The monoisotopic (exact) mass is 490 g/mol. The molecule has 9 nitrogen and oxygen atoms in total. The molecule has 2 aromatic heterocycles. The van der Waals surface area contributed by atoms with Gasteiger partial charge in [0.25, 0.3) is 5.56 Å². The van der Waals surface area contributed by atoms with Crippen LogP contribution in [0.4, 0.5) is 0 Å². The summed E-state index contributed by atoms with van der Waals surface area (Å²) in [6.07, 6.45) is 5.04. The number of nitrogens with zero attached hydrogens (tertiary/aromatic N) is 4. The van der Waals surface area contributed by atoms with Gasteiger partial charge in [-0.2, -0.15) is 0 Å². The molecule has 1 amide bonds. The fraction of sp³-hybridized carbons (Fsp3) is 0.409. The van der Waals surface area contributed by atoms with Crippen molar-refractivity contribution in [3.05, 3.63) is 66.5 Å². The van der Waals surface area contributed by atoms with Crippen LogP contribution in [0, 0.1) is 6.92 Å². The number of rotatable bonds is 9. The zero-order valence-corrected chi connectivity index (χ0v) is 19.6. The smallest absolute Gasteiger partial charge is 0.325 e. The van der Waals surface area contributed by atoms with Crippen LogP contribution in [0.25, 0.3) is 11.3 Å². The van der Waals surface area contributed by atoms with E-state index >= 15 is 0 Å². The predicted octanol–water partition coefficient (Wildman–Crippen LogP) is 2.95. The lowest BCUT2D eigenvalue weighted by molar-refractivity contribution is -0.131. The van der Waals surface area contributed by atoms with Gasteiger partial charge in [0, 0.05) is 52.4 Å². The first-order chi connectivity index (χ1) is 15.8. The Labute approximate surface area is 199 Å². The maximum Gasteiger partial charge on any atom is 0.325 e. The standard InChI is InChI=1S/C22H24Cl2N6O3/c1-13-18(21(32)26-22(33)25-13)5-6-20(31)30(17-3-4-17)8-2-7-29-12-19(27-28-29)14-9-15(23)11-16(24)10-14/h9-12,17H,2-8H2,1H3,(H2,25,26,32,33). The first kappa shape index (κ1) is 23.3. The summed E-state index contributed by atoms with van der Waals surface area (Å²) in [5.41, 5.74) is 1.43. The summed E-state index contributed by atoms with van der Waals surface area (Å²) in [7, 11) is 0. The normalized spacial score (nSPS) is 13.3. The lowest BCUT2D eigenvalue weighted by atomic mass is 10.1. The zero-order chi connectivity index (χ0) is 23.5. The molecule has 0 spiro atoms. The highest BCUT2D eigenvalue weighted by Crippen LogP contribution is 2.28. The number of carbonyl (C=O) groups is 1. The van der Waals surface area contributed by atoms with Crippen molar-refractivity contribution < 1.29 is 4.79 Å². The van der Waals surface area contributed by atoms with Crippen LogP contribution in [0.3, 0.4) is 0 Å². The van der Waals surface area contributed by atoms with E-state index < -0.39 is 11.2 Å². The summed E-state index contributed by atoms with van der Waals surface area (Å²) in [5, 5.41) is 9.42. The molecule has 1 aliphatic rings. The first-order valence-corrected chi connectivity index (χ1v) is 11.5. The number of aromatic amines is 2. The van der Waals surface area contributed by atoms with Crippen molar-refractivity contribution in [1.29, 1.82) is 0 Å². The Morgan fingerprint density at radius 1 is 1.18 bits per heavy atom. The second-order valence-corrected chi connectivity index (χ2v) is 9.08.